The summed E-state index contributed by atoms with van der Waals surface area (Å²) in [7, 11) is 1.50. The topological polar surface area (TPSA) is 118 Å². The van der Waals surface area contributed by atoms with Crippen LogP contribution in [0.2, 0.25) is 0 Å². The molecule has 0 aliphatic carbocycles. The number of furan rings is 1. The SMILES string of the molecule is COCCNC(=O)CNC(=O)c1ccc(C(=O)O)o1. The normalized spacial score (nSPS) is 9.95. The largest absolute Gasteiger partial charge is 0.475 e. The first-order chi connectivity index (χ1) is 9.04. The van der Waals surface area contributed by atoms with Crippen LogP contribution in [-0.2, 0) is 9.53 Å². The standard InChI is InChI=1S/C11H14N2O6/c1-18-5-4-12-9(14)6-13-10(15)7-2-3-8(19-7)11(16)17/h2-3H,4-6H2,1H3,(H,12,14)(H,13,15)(H,16,17). The van der Waals surface area contributed by atoms with E-state index >= 15 is 0 Å². The minimum absolute atomic E-state index is 0.165. The molecule has 1 aromatic heterocycles. The molecule has 0 aromatic carbocycles. The molecule has 0 saturated heterocycles. The van der Waals surface area contributed by atoms with Gasteiger partial charge in [-0.15, -0.1) is 0 Å². The summed E-state index contributed by atoms with van der Waals surface area (Å²) < 4.78 is 9.51. The lowest BCUT2D eigenvalue weighted by Crippen LogP contribution is -2.38. The second kappa shape index (κ2) is 7.17. The fourth-order valence-electron chi connectivity index (χ4n) is 1.18. The van der Waals surface area contributed by atoms with Crippen molar-refractivity contribution >= 4 is 17.8 Å². The average molecular weight is 270 g/mol. The third-order valence-electron chi connectivity index (χ3n) is 2.08. The first-order valence-electron chi connectivity index (χ1n) is 5.41. The van der Waals surface area contributed by atoms with Crippen LogP contribution in [0.1, 0.15) is 21.1 Å². The average Bonchev–Trinajstić information content (AvgIpc) is 2.86. The Morgan fingerprint density at radius 2 is 1.95 bits per heavy atom. The van der Waals surface area contributed by atoms with Gasteiger partial charge in [-0.3, -0.25) is 9.59 Å². The van der Waals surface area contributed by atoms with Gasteiger partial charge in [-0.1, -0.05) is 0 Å². The molecular weight excluding hydrogens is 256 g/mol. The van der Waals surface area contributed by atoms with Crippen LogP contribution in [0.15, 0.2) is 16.5 Å². The van der Waals surface area contributed by atoms with E-state index in [0.717, 1.165) is 6.07 Å². The number of nitrogens with one attached hydrogen (secondary N) is 2. The van der Waals surface area contributed by atoms with E-state index in [1.807, 2.05) is 0 Å². The maximum Gasteiger partial charge on any atom is 0.371 e. The van der Waals surface area contributed by atoms with E-state index < -0.39 is 11.9 Å². The van der Waals surface area contributed by atoms with Crippen LogP contribution >= 0.6 is 0 Å². The molecule has 0 aliphatic rings. The van der Waals surface area contributed by atoms with Gasteiger partial charge in [0.15, 0.2) is 5.76 Å². The Morgan fingerprint density at radius 1 is 1.26 bits per heavy atom. The third-order valence-corrected chi connectivity index (χ3v) is 2.08. The molecule has 0 atom stereocenters. The van der Waals surface area contributed by atoms with Crippen LogP contribution in [0.5, 0.6) is 0 Å². The van der Waals surface area contributed by atoms with Crippen molar-refractivity contribution in [3.63, 3.8) is 0 Å². The van der Waals surface area contributed by atoms with Crippen molar-refractivity contribution in [3.05, 3.63) is 23.7 Å². The van der Waals surface area contributed by atoms with Gasteiger partial charge in [0.25, 0.3) is 5.91 Å². The minimum Gasteiger partial charge on any atom is -0.475 e. The van der Waals surface area contributed by atoms with Gasteiger partial charge in [-0.05, 0) is 12.1 Å². The smallest absolute Gasteiger partial charge is 0.371 e. The third kappa shape index (κ3) is 4.80. The summed E-state index contributed by atoms with van der Waals surface area (Å²) in [5.41, 5.74) is 0. The van der Waals surface area contributed by atoms with Gasteiger partial charge in [0.2, 0.25) is 11.7 Å². The molecule has 1 aromatic rings. The summed E-state index contributed by atoms with van der Waals surface area (Å²) in [6.45, 7) is 0.487. The van der Waals surface area contributed by atoms with E-state index in [9.17, 15) is 14.4 Å². The number of carbonyl (C=O) groups excluding carboxylic acids is 2. The monoisotopic (exact) mass is 270 g/mol. The molecule has 0 radical (unpaired) electrons. The van der Waals surface area contributed by atoms with Crippen LogP contribution in [0.4, 0.5) is 0 Å². The number of carbonyl (C=O) groups is 3. The van der Waals surface area contributed by atoms with Crippen molar-refractivity contribution in [1.82, 2.24) is 10.6 Å². The van der Waals surface area contributed by atoms with Crippen molar-refractivity contribution in [3.8, 4) is 0 Å². The van der Waals surface area contributed by atoms with Crippen molar-refractivity contribution in [2.24, 2.45) is 0 Å². The number of ether oxygens (including phenoxy) is 1. The number of methoxy groups -OCH3 is 1. The zero-order chi connectivity index (χ0) is 14.3. The summed E-state index contributed by atoms with van der Waals surface area (Å²) in [5.74, 6) is -2.81. The molecule has 0 fully saturated rings. The summed E-state index contributed by atoms with van der Waals surface area (Å²) in [6.07, 6.45) is 0. The summed E-state index contributed by atoms with van der Waals surface area (Å²) in [5, 5.41) is 13.4. The Labute approximate surface area is 108 Å². The number of carboxylic acids is 1. The van der Waals surface area contributed by atoms with Gasteiger partial charge in [0.1, 0.15) is 0 Å². The van der Waals surface area contributed by atoms with E-state index in [0.29, 0.717) is 13.2 Å². The Morgan fingerprint density at radius 3 is 2.53 bits per heavy atom. The van der Waals surface area contributed by atoms with E-state index in [2.05, 4.69) is 10.6 Å². The number of amides is 2. The summed E-state index contributed by atoms with van der Waals surface area (Å²) in [4.78, 5) is 33.3. The Bertz CT molecular complexity index is 468. The molecule has 0 saturated carbocycles. The van der Waals surface area contributed by atoms with E-state index in [4.69, 9.17) is 14.3 Å². The number of rotatable bonds is 7. The van der Waals surface area contributed by atoms with Crippen LogP contribution in [0.3, 0.4) is 0 Å². The van der Waals surface area contributed by atoms with Crippen LogP contribution in [0.25, 0.3) is 0 Å². The lowest BCUT2D eigenvalue weighted by atomic mass is 10.4. The molecule has 0 bridgehead atoms. The highest BCUT2D eigenvalue weighted by Gasteiger charge is 2.15. The Balaban J connectivity index is 2.38. The molecule has 0 unspecified atom stereocenters. The Hall–Kier alpha value is -2.35. The molecule has 0 aliphatic heterocycles. The van der Waals surface area contributed by atoms with Crippen molar-refractivity contribution in [1.29, 1.82) is 0 Å². The highest BCUT2D eigenvalue weighted by molar-refractivity contribution is 5.95. The number of carboxylic acid groups (broad SMARTS) is 1. The molecule has 1 heterocycles. The van der Waals surface area contributed by atoms with Gasteiger partial charge in [-0.25, -0.2) is 4.79 Å². The zero-order valence-electron chi connectivity index (χ0n) is 10.3. The first kappa shape index (κ1) is 14.7. The molecule has 8 nitrogen and oxygen atoms in total. The summed E-state index contributed by atoms with van der Waals surface area (Å²) in [6, 6.07) is 2.39. The van der Waals surface area contributed by atoms with Crippen LogP contribution in [-0.4, -0.2) is 49.7 Å². The number of aromatic carboxylic acids is 1. The van der Waals surface area contributed by atoms with Gasteiger partial charge < -0.3 is 24.9 Å². The first-order valence-corrected chi connectivity index (χ1v) is 5.41. The summed E-state index contributed by atoms with van der Waals surface area (Å²) >= 11 is 0. The van der Waals surface area contributed by atoms with E-state index in [1.54, 1.807) is 0 Å². The van der Waals surface area contributed by atoms with Crippen molar-refractivity contribution < 1.29 is 28.6 Å². The molecule has 0 spiro atoms. The Kier molecular flexibility index (Phi) is 5.55. The fraction of sp³-hybridized carbons (Fsp3) is 0.364. The predicted octanol–water partition coefficient (Wildman–Crippen LogP) is -0.530. The molecule has 8 heteroatoms. The van der Waals surface area contributed by atoms with E-state index in [1.165, 1.54) is 13.2 Å². The van der Waals surface area contributed by atoms with Gasteiger partial charge in [0.05, 0.1) is 13.2 Å². The molecular formula is C11H14N2O6. The quantitative estimate of drug-likeness (QED) is 0.573. The lowest BCUT2D eigenvalue weighted by molar-refractivity contribution is -0.120. The van der Waals surface area contributed by atoms with Gasteiger partial charge >= 0.3 is 5.97 Å². The molecule has 19 heavy (non-hydrogen) atoms. The highest BCUT2D eigenvalue weighted by atomic mass is 16.5. The van der Waals surface area contributed by atoms with Crippen molar-refractivity contribution in [2.45, 2.75) is 0 Å². The molecule has 2 amide bonds. The second-order valence-corrected chi connectivity index (χ2v) is 3.49. The zero-order valence-corrected chi connectivity index (χ0v) is 10.3. The van der Waals surface area contributed by atoms with E-state index in [-0.39, 0.29) is 24.0 Å². The lowest BCUT2D eigenvalue weighted by Gasteiger charge is -2.05. The fourth-order valence-corrected chi connectivity index (χ4v) is 1.18. The number of hydrogen-bond acceptors (Lipinski definition) is 5. The minimum atomic E-state index is -1.27. The number of hydrogen-bond donors (Lipinski definition) is 3. The molecule has 3 N–H and O–H groups in total. The highest BCUT2D eigenvalue weighted by Crippen LogP contribution is 2.07. The van der Waals surface area contributed by atoms with Crippen LogP contribution < -0.4 is 10.6 Å². The molecule has 104 valence electrons. The van der Waals surface area contributed by atoms with Crippen LogP contribution in [0, 0.1) is 0 Å². The van der Waals surface area contributed by atoms with Gasteiger partial charge in [-0.2, -0.15) is 0 Å². The predicted molar refractivity (Wildman–Crippen MR) is 62.9 cm³/mol. The molecule has 1 rings (SSSR count). The van der Waals surface area contributed by atoms with Gasteiger partial charge in [0, 0.05) is 13.7 Å². The van der Waals surface area contributed by atoms with Crippen molar-refractivity contribution in [2.75, 3.05) is 26.8 Å². The maximum atomic E-state index is 11.5. The second-order valence-electron chi connectivity index (χ2n) is 3.49. The maximum absolute atomic E-state index is 11.5.